The van der Waals surface area contributed by atoms with Gasteiger partial charge in [-0.05, 0) is 61.2 Å². The van der Waals surface area contributed by atoms with Gasteiger partial charge in [0.2, 0.25) is 5.88 Å². The van der Waals surface area contributed by atoms with Crippen LogP contribution in [0.5, 0.6) is 17.4 Å². The van der Waals surface area contributed by atoms with Crippen LogP contribution in [-0.4, -0.2) is 27.7 Å². The number of aromatic amines is 1. The van der Waals surface area contributed by atoms with E-state index < -0.39 is 0 Å². The summed E-state index contributed by atoms with van der Waals surface area (Å²) in [4.78, 5) is 16.6. The Bertz CT molecular complexity index is 935. The van der Waals surface area contributed by atoms with Gasteiger partial charge in [0.15, 0.2) is 0 Å². The van der Waals surface area contributed by atoms with Crippen molar-refractivity contribution in [3.05, 3.63) is 65.6 Å². The van der Waals surface area contributed by atoms with Crippen LogP contribution in [0.2, 0.25) is 0 Å². The molecule has 152 valence electrons. The fourth-order valence-electron chi connectivity index (χ4n) is 2.80. The number of pyridine rings is 1. The van der Waals surface area contributed by atoms with Crippen molar-refractivity contribution < 1.29 is 14.3 Å². The fraction of sp³-hybridized carbons (Fsp3) is 0.318. The van der Waals surface area contributed by atoms with Crippen LogP contribution in [0.15, 0.2) is 48.7 Å². The SMILES string of the molecule is CCOc1ccc(Oc2cc(CNC(=O)c3cc(CC(C)C)[nH]n3)ccn2)cc1. The van der Waals surface area contributed by atoms with Crippen LogP contribution in [0.25, 0.3) is 0 Å². The molecule has 2 N–H and O–H groups in total. The Morgan fingerprint density at radius 1 is 1.14 bits per heavy atom. The first-order chi connectivity index (χ1) is 14.0. The number of hydrogen-bond acceptors (Lipinski definition) is 5. The van der Waals surface area contributed by atoms with Crippen molar-refractivity contribution in [3.8, 4) is 17.4 Å². The molecule has 0 saturated carbocycles. The minimum atomic E-state index is -0.220. The molecule has 0 fully saturated rings. The van der Waals surface area contributed by atoms with Gasteiger partial charge >= 0.3 is 0 Å². The lowest BCUT2D eigenvalue weighted by atomic mass is 10.1. The van der Waals surface area contributed by atoms with Crippen molar-refractivity contribution in [1.29, 1.82) is 0 Å². The van der Waals surface area contributed by atoms with Crippen molar-refractivity contribution in [3.63, 3.8) is 0 Å². The predicted molar refractivity (Wildman–Crippen MR) is 110 cm³/mol. The molecular formula is C22H26N4O3. The topological polar surface area (TPSA) is 89.1 Å². The lowest BCUT2D eigenvalue weighted by molar-refractivity contribution is 0.0946. The fourth-order valence-corrected chi connectivity index (χ4v) is 2.80. The summed E-state index contributed by atoms with van der Waals surface area (Å²) in [5.74, 6) is 2.19. The van der Waals surface area contributed by atoms with Crippen molar-refractivity contribution in [2.24, 2.45) is 5.92 Å². The van der Waals surface area contributed by atoms with E-state index in [9.17, 15) is 4.79 Å². The third-order valence-corrected chi connectivity index (χ3v) is 4.10. The van der Waals surface area contributed by atoms with Crippen LogP contribution >= 0.6 is 0 Å². The number of nitrogens with zero attached hydrogens (tertiary/aromatic N) is 2. The number of carbonyl (C=O) groups is 1. The van der Waals surface area contributed by atoms with E-state index in [4.69, 9.17) is 9.47 Å². The number of hydrogen-bond donors (Lipinski definition) is 2. The van der Waals surface area contributed by atoms with Gasteiger partial charge in [-0.15, -0.1) is 0 Å². The Hall–Kier alpha value is -3.35. The highest BCUT2D eigenvalue weighted by Gasteiger charge is 2.11. The molecule has 29 heavy (non-hydrogen) atoms. The summed E-state index contributed by atoms with van der Waals surface area (Å²) in [7, 11) is 0. The Morgan fingerprint density at radius 3 is 2.62 bits per heavy atom. The van der Waals surface area contributed by atoms with Gasteiger partial charge in [-0.2, -0.15) is 5.10 Å². The monoisotopic (exact) mass is 394 g/mol. The molecule has 0 saturated heterocycles. The molecule has 0 atom stereocenters. The van der Waals surface area contributed by atoms with Crippen LogP contribution in [0.1, 0.15) is 42.5 Å². The molecule has 7 nitrogen and oxygen atoms in total. The Morgan fingerprint density at radius 2 is 1.90 bits per heavy atom. The average Bonchev–Trinajstić information content (AvgIpc) is 3.16. The normalized spacial score (nSPS) is 10.8. The number of amides is 1. The summed E-state index contributed by atoms with van der Waals surface area (Å²) < 4.78 is 11.2. The molecule has 0 spiro atoms. The minimum absolute atomic E-state index is 0.220. The summed E-state index contributed by atoms with van der Waals surface area (Å²) in [6.45, 7) is 7.16. The minimum Gasteiger partial charge on any atom is -0.494 e. The molecule has 0 aliphatic heterocycles. The van der Waals surface area contributed by atoms with Crippen LogP contribution < -0.4 is 14.8 Å². The van der Waals surface area contributed by atoms with Crippen LogP contribution in [0.3, 0.4) is 0 Å². The quantitative estimate of drug-likeness (QED) is 0.570. The molecule has 0 bridgehead atoms. The number of benzene rings is 1. The van der Waals surface area contributed by atoms with Crippen molar-refractivity contribution in [1.82, 2.24) is 20.5 Å². The molecular weight excluding hydrogens is 368 g/mol. The van der Waals surface area contributed by atoms with E-state index >= 15 is 0 Å². The molecule has 0 aliphatic rings. The zero-order chi connectivity index (χ0) is 20.6. The molecule has 1 aromatic carbocycles. The maximum Gasteiger partial charge on any atom is 0.272 e. The molecule has 0 aliphatic carbocycles. The summed E-state index contributed by atoms with van der Waals surface area (Å²) in [6.07, 6.45) is 2.51. The average molecular weight is 394 g/mol. The molecule has 0 radical (unpaired) electrons. The highest BCUT2D eigenvalue weighted by Crippen LogP contribution is 2.23. The zero-order valence-corrected chi connectivity index (χ0v) is 16.9. The number of rotatable bonds is 9. The molecule has 7 heteroatoms. The first-order valence-corrected chi connectivity index (χ1v) is 9.71. The molecule has 1 amide bonds. The van der Waals surface area contributed by atoms with Crippen LogP contribution in [0.4, 0.5) is 0 Å². The van der Waals surface area contributed by atoms with E-state index in [-0.39, 0.29) is 5.91 Å². The smallest absolute Gasteiger partial charge is 0.272 e. The number of nitrogens with one attached hydrogen (secondary N) is 2. The first kappa shape index (κ1) is 20.4. The third kappa shape index (κ3) is 6.07. The van der Waals surface area contributed by atoms with Crippen molar-refractivity contribution in [2.45, 2.75) is 33.7 Å². The predicted octanol–water partition coefficient (Wildman–Crippen LogP) is 4.12. The van der Waals surface area contributed by atoms with Gasteiger partial charge in [-0.1, -0.05) is 13.8 Å². The lowest BCUT2D eigenvalue weighted by Gasteiger charge is -2.08. The van der Waals surface area contributed by atoms with Gasteiger partial charge in [0.05, 0.1) is 6.61 Å². The number of aromatic nitrogens is 3. The molecule has 3 rings (SSSR count). The van der Waals surface area contributed by atoms with Gasteiger partial charge in [0.25, 0.3) is 5.91 Å². The second-order valence-corrected chi connectivity index (χ2v) is 7.07. The van der Waals surface area contributed by atoms with E-state index in [0.29, 0.717) is 36.4 Å². The summed E-state index contributed by atoms with van der Waals surface area (Å²) in [5, 5.41) is 9.88. The van der Waals surface area contributed by atoms with Crippen molar-refractivity contribution in [2.75, 3.05) is 6.61 Å². The van der Waals surface area contributed by atoms with Crippen LogP contribution in [0, 0.1) is 5.92 Å². The van der Waals surface area contributed by atoms with Gasteiger partial charge in [0, 0.05) is 24.5 Å². The molecule has 2 aromatic heterocycles. The van der Waals surface area contributed by atoms with E-state index in [0.717, 1.165) is 23.4 Å². The standard InChI is InChI=1S/C22H26N4O3/c1-4-28-18-5-7-19(8-6-18)29-21-12-16(9-10-23-21)14-24-22(27)20-13-17(25-26-20)11-15(2)3/h5-10,12-13,15H,4,11,14H2,1-3H3,(H,24,27)(H,25,26). The largest absolute Gasteiger partial charge is 0.494 e. The van der Waals surface area contributed by atoms with Crippen molar-refractivity contribution >= 4 is 5.91 Å². The van der Waals surface area contributed by atoms with Crippen LogP contribution in [-0.2, 0) is 13.0 Å². The Kier molecular flexibility index (Phi) is 6.84. The van der Waals surface area contributed by atoms with Gasteiger partial charge in [-0.3, -0.25) is 9.89 Å². The molecule has 3 aromatic rings. The van der Waals surface area contributed by atoms with Gasteiger partial charge in [0.1, 0.15) is 17.2 Å². The lowest BCUT2D eigenvalue weighted by Crippen LogP contribution is -2.23. The van der Waals surface area contributed by atoms with Gasteiger partial charge < -0.3 is 14.8 Å². The summed E-state index contributed by atoms with van der Waals surface area (Å²) >= 11 is 0. The first-order valence-electron chi connectivity index (χ1n) is 9.71. The summed E-state index contributed by atoms with van der Waals surface area (Å²) in [6, 6.07) is 12.8. The molecule has 2 heterocycles. The van der Waals surface area contributed by atoms with E-state index in [1.165, 1.54) is 0 Å². The Labute approximate surface area is 170 Å². The molecule has 0 unspecified atom stereocenters. The maximum atomic E-state index is 12.3. The number of carbonyl (C=O) groups excluding carboxylic acids is 1. The Balaban J connectivity index is 1.56. The second kappa shape index (κ2) is 9.73. The third-order valence-electron chi connectivity index (χ3n) is 4.10. The zero-order valence-electron chi connectivity index (χ0n) is 16.9. The van der Waals surface area contributed by atoms with Gasteiger partial charge in [-0.25, -0.2) is 4.98 Å². The summed E-state index contributed by atoms with van der Waals surface area (Å²) in [5.41, 5.74) is 2.23. The van der Waals surface area contributed by atoms with E-state index in [1.807, 2.05) is 37.3 Å². The highest BCUT2D eigenvalue weighted by atomic mass is 16.5. The number of H-pyrrole nitrogens is 1. The maximum absolute atomic E-state index is 12.3. The second-order valence-electron chi connectivity index (χ2n) is 7.07. The van der Waals surface area contributed by atoms with E-state index in [1.54, 1.807) is 18.3 Å². The highest BCUT2D eigenvalue weighted by molar-refractivity contribution is 5.92. The van der Waals surface area contributed by atoms with E-state index in [2.05, 4.69) is 34.3 Å². The number of ether oxygens (including phenoxy) is 2.